The molecule has 0 radical (unpaired) electrons. The number of piperazine rings is 1. The Morgan fingerprint density at radius 2 is 1.94 bits per heavy atom. The van der Waals surface area contributed by atoms with Gasteiger partial charge < -0.3 is 19.4 Å². The van der Waals surface area contributed by atoms with Crippen LogP contribution < -0.4 is 14.5 Å². The van der Waals surface area contributed by atoms with Gasteiger partial charge in [-0.15, -0.1) is 0 Å². The Kier molecular flexibility index (Phi) is 8.25. The van der Waals surface area contributed by atoms with E-state index in [2.05, 4.69) is 77.7 Å². The third-order valence-corrected chi connectivity index (χ3v) is 10.8. The van der Waals surface area contributed by atoms with Crippen molar-refractivity contribution in [2.45, 2.75) is 51.2 Å². The number of aromatic nitrogens is 2. The van der Waals surface area contributed by atoms with Gasteiger partial charge in [0.2, 0.25) is 0 Å². The quantitative estimate of drug-likeness (QED) is 0.319. The van der Waals surface area contributed by atoms with Crippen LogP contribution in [0.25, 0.3) is 10.8 Å². The maximum atomic E-state index is 13.9. The Morgan fingerprint density at radius 1 is 1.13 bits per heavy atom. The predicted octanol–water partition coefficient (Wildman–Crippen LogP) is 4.97. The van der Waals surface area contributed by atoms with Crippen LogP contribution in [0.3, 0.4) is 0 Å². The number of amides is 1. The lowest BCUT2D eigenvalue weighted by Crippen LogP contribution is -2.55. The standard InChI is InChI=1S/C36H41F2N7O2/c1-23-6-4-7-25-8-5-9-31(32(23)25)43-13-11-29-30(20-43)40-35(47-21-28-17-36(22-42(28)3)16-26(36)18-37)41-33(29)44-14-15-45(34(46)24(2)38)27(19-44)10-12-39/h4-9,26-28H,2,10-11,13-22H2,1,3H3/t26?,27-,28+,36?/m0/s1. The number of likely N-dealkylation sites (tertiary alicyclic amines) is 1. The van der Waals surface area contributed by atoms with Gasteiger partial charge in [-0.2, -0.15) is 15.2 Å². The molecule has 9 nitrogen and oxygen atoms in total. The van der Waals surface area contributed by atoms with Gasteiger partial charge in [-0.3, -0.25) is 14.1 Å². The molecule has 1 aliphatic carbocycles. The molecule has 0 N–H and O–H groups in total. The number of rotatable bonds is 8. The van der Waals surface area contributed by atoms with Crippen LogP contribution in [0.5, 0.6) is 6.01 Å². The van der Waals surface area contributed by atoms with E-state index in [1.165, 1.54) is 21.2 Å². The molecule has 4 atom stereocenters. The van der Waals surface area contributed by atoms with Gasteiger partial charge in [-0.1, -0.05) is 36.9 Å². The van der Waals surface area contributed by atoms with Crippen LogP contribution >= 0.6 is 0 Å². The SMILES string of the molecule is C=C(F)C(=O)N1CCN(c2nc(OC[C@H]3CC4(CC4CF)CN3C)nc3c2CCN(c2cccc4cccc(C)c24)C3)C[C@@H]1CC#N. The Morgan fingerprint density at radius 3 is 2.68 bits per heavy atom. The number of ether oxygens (including phenoxy) is 1. The molecule has 7 rings (SSSR count). The van der Waals surface area contributed by atoms with Crippen LogP contribution in [0.15, 0.2) is 48.8 Å². The summed E-state index contributed by atoms with van der Waals surface area (Å²) >= 11 is 0. The molecule has 3 aliphatic heterocycles. The minimum atomic E-state index is -1.03. The number of nitrogens with zero attached hydrogens (tertiary/aromatic N) is 7. The van der Waals surface area contributed by atoms with Crippen molar-refractivity contribution in [2.75, 3.05) is 62.9 Å². The second-order valence-corrected chi connectivity index (χ2v) is 13.7. The van der Waals surface area contributed by atoms with E-state index in [0.29, 0.717) is 32.7 Å². The number of hydrogen-bond donors (Lipinski definition) is 0. The Labute approximate surface area is 274 Å². The third kappa shape index (κ3) is 5.77. The first-order valence-electron chi connectivity index (χ1n) is 16.5. The topological polar surface area (TPSA) is 88.8 Å². The number of halogens is 2. The van der Waals surface area contributed by atoms with Gasteiger partial charge in [0.15, 0.2) is 5.83 Å². The van der Waals surface area contributed by atoms with Gasteiger partial charge in [0.1, 0.15) is 12.4 Å². The molecule has 2 unspecified atom stereocenters. The molecule has 1 aromatic heterocycles. The average Bonchev–Trinajstić information content (AvgIpc) is 3.66. The third-order valence-electron chi connectivity index (χ3n) is 10.8. The first-order valence-corrected chi connectivity index (χ1v) is 16.5. The average molecular weight is 642 g/mol. The van der Waals surface area contributed by atoms with Crippen LogP contribution in [-0.4, -0.2) is 90.8 Å². The molecule has 11 heteroatoms. The number of benzene rings is 2. The molecule has 3 aromatic rings. The van der Waals surface area contributed by atoms with Gasteiger partial charge in [-0.05, 0) is 61.6 Å². The molecule has 1 spiro atoms. The molecular formula is C36H41F2N7O2. The highest BCUT2D eigenvalue weighted by Crippen LogP contribution is 2.59. The van der Waals surface area contributed by atoms with E-state index in [1.807, 2.05) is 0 Å². The molecule has 1 saturated carbocycles. The minimum absolute atomic E-state index is 0.0638. The number of alkyl halides is 1. The van der Waals surface area contributed by atoms with Crippen LogP contribution in [0.4, 0.5) is 20.3 Å². The van der Waals surface area contributed by atoms with E-state index in [9.17, 15) is 18.8 Å². The lowest BCUT2D eigenvalue weighted by molar-refractivity contribution is -0.131. The fourth-order valence-electron chi connectivity index (χ4n) is 8.21. The first kappa shape index (κ1) is 31.3. The van der Waals surface area contributed by atoms with Gasteiger partial charge in [0.05, 0.1) is 37.4 Å². The summed E-state index contributed by atoms with van der Waals surface area (Å²) in [6, 6.07) is 14.8. The summed E-state index contributed by atoms with van der Waals surface area (Å²) < 4.78 is 33.7. The number of likely N-dealkylation sites (N-methyl/N-ethyl adjacent to an activating group) is 1. The predicted molar refractivity (Wildman–Crippen MR) is 177 cm³/mol. The summed E-state index contributed by atoms with van der Waals surface area (Å²) in [5, 5.41) is 12.0. The highest BCUT2D eigenvalue weighted by molar-refractivity contribution is 5.97. The lowest BCUT2D eigenvalue weighted by Gasteiger charge is -2.42. The summed E-state index contributed by atoms with van der Waals surface area (Å²) in [7, 11) is 2.07. The summed E-state index contributed by atoms with van der Waals surface area (Å²) in [5.41, 5.74) is 4.34. The van der Waals surface area contributed by atoms with Crippen LogP contribution in [0.1, 0.15) is 36.1 Å². The van der Waals surface area contributed by atoms with Crippen molar-refractivity contribution in [3.05, 3.63) is 65.6 Å². The van der Waals surface area contributed by atoms with Crippen molar-refractivity contribution in [3.8, 4) is 12.1 Å². The van der Waals surface area contributed by atoms with Crippen molar-refractivity contribution >= 4 is 28.2 Å². The van der Waals surface area contributed by atoms with E-state index in [-0.39, 0.29) is 43.0 Å². The van der Waals surface area contributed by atoms with Crippen molar-refractivity contribution in [1.82, 2.24) is 19.8 Å². The molecule has 1 amide bonds. The van der Waals surface area contributed by atoms with Crippen molar-refractivity contribution < 1.29 is 18.3 Å². The van der Waals surface area contributed by atoms with E-state index >= 15 is 0 Å². The summed E-state index contributed by atoms with van der Waals surface area (Å²) in [6.07, 6.45) is 2.60. The first-order chi connectivity index (χ1) is 22.7. The second-order valence-electron chi connectivity index (χ2n) is 13.7. The highest BCUT2D eigenvalue weighted by Gasteiger charge is 2.59. The summed E-state index contributed by atoms with van der Waals surface area (Å²) in [4.78, 5) is 30.6. The van der Waals surface area contributed by atoms with E-state index < -0.39 is 17.8 Å². The van der Waals surface area contributed by atoms with Gasteiger partial charge in [0, 0.05) is 55.4 Å². The Bertz CT molecular complexity index is 1760. The number of hydrogen-bond acceptors (Lipinski definition) is 8. The zero-order valence-corrected chi connectivity index (χ0v) is 27.1. The summed E-state index contributed by atoms with van der Waals surface area (Å²) in [6.45, 7) is 8.68. The van der Waals surface area contributed by atoms with Crippen molar-refractivity contribution in [3.63, 3.8) is 0 Å². The van der Waals surface area contributed by atoms with Gasteiger partial charge in [0.25, 0.3) is 5.91 Å². The maximum Gasteiger partial charge on any atom is 0.318 e. The fourth-order valence-corrected chi connectivity index (χ4v) is 8.21. The lowest BCUT2D eigenvalue weighted by atomic mass is 9.99. The number of anilines is 2. The summed E-state index contributed by atoms with van der Waals surface area (Å²) in [5.74, 6) is -0.915. The molecule has 2 saturated heterocycles. The maximum absolute atomic E-state index is 13.9. The molecule has 0 bridgehead atoms. The smallest absolute Gasteiger partial charge is 0.318 e. The van der Waals surface area contributed by atoms with E-state index in [1.54, 1.807) is 0 Å². The second kappa shape index (κ2) is 12.4. The highest BCUT2D eigenvalue weighted by atomic mass is 19.1. The Hall–Kier alpha value is -4.30. The largest absolute Gasteiger partial charge is 0.462 e. The molecule has 246 valence electrons. The molecule has 4 heterocycles. The zero-order valence-electron chi connectivity index (χ0n) is 27.1. The zero-order chi connectivity index (χ0) is 32.9. The molecule has 3 fully saturated rings. The molecule has 4 aliphatic rings. The van der Waals surface area contributed by atoms with E-state index in [4.69, 9.17) is 14.7 Å². The number of nitriles is 1. The number of carbonyl (C=O) groups is 1. The van der Waals surface area contributed by atoms with E-state index in [0.717, 1.165) is 48.7 Å². The molecular weight excluding hydrogens is 600 g/mol. The minimum Gasteiger partial charge on any atom is -0.462 e. The Balaban J connectivity index is 1.20. The van der Waals surface area contributed by atoms with Crippen LogP contribution in [-0.2, 0) is 17.8 Å². The van der Waals surface area contributed by atoms with Gasteiger partial charge in [-0.25, -0.2) is 4.39 Å². The number of carbonyl (C=O) groups excluding carboxylic acids is 1. The monoisotopic (exact) mass is 641 g/mol. The normalized spacial score (nSPS) is 25.6. The van der Waals surface area contributed by atoms with Gasteiger partial charge >= 0.3 is 6.01 Å². The van der Waals surface area contributed by atoms with Crippen molar-refractivity contribution in [1.29, 1.82) is 5.26 Å². The van der Waals surface area contributed by atoms with Crippen LogP contribution in [0.2, 0.25) is 0 Å². The molecule has 2 aromatic carbocycles. The fraction of sp³-hybridized carbons (Fsp3) is 0.500. The molecule has 47 heavy (non-hydrogen) atoms. The number of aryl methyl sites for hydroxylation is 1. The van der Waals surface area contributed by atoms with Crippen LogP contribution in [0, 0.1) is 29.6 Å². The number of fused-ring (bicyclic) bond motifs is 2. The van der Waals surface area contributed by atoms with Crippen molar-refractivity contribution in [2.24, 2.45) is 11.3 Å².